The van der Waals surface area contributed by atoms with Gasteiger partial charge in [0.1, 0.15) is 30.0 Å². The second kappa shape index (κ2) is 9.12. The first-order valence-electron chi connectivity index (χ1n) is 11.2. The van der Waals surface area contributed by atoms with E-state index in [-0.39, 0.29) is 18.2 Å². The molecule has 0 atom stereocenters. The molecule has 1 aliphatic rings. The number of halogens is 3. The molecule has 190 valence electrons. The number of aromatic amines is 1. The van der Waals surface area contributed by atoms with Crippen molar-refractivity contribution in [2.75, 3.05) is 16.3 Å². The van der Waals surface area contributed by atoms with Crippen LogP contribution in [-0.4, -0.2) is 39.8 Å². The Morgan fingerprint density at radius 1 is 1.03 bits per heavy atom. The number of imide groups is 1. The highest BCUT2D eigenvalue weighted by molar-refractivity contribution is 6.27. The number of hydrogen-bond donors (Lipinski definition) is 1. The Morgan fingerprint density at radius 2 is 1.84 bits per heavy atom. The van der Waals surface area contributed by atoms with Crippen LogP contribution in [0.3, 0.4) is 0 Å². The quantitative estimate of drug-likeness (QED) is 0.331. The zero-order valence-corrected chi connectivity index (χ0v) is 19.6. The fourth-order valence-corrected chi connectivity index (χ4v) is 4.06. The van der Waals surface area contributed by atoms with Gasteiger partial charge in [0.15, 0.2) is 0 Å². The van der Waals surface area contributed by atoms with Gasteiger partial charge in [-0.25, -0.2) is 19.7 Å². The summed E-state index contributed by atoms with van der Waals surface area (Å²) in [6.45, 7) is 3.53. The maximum absolute atomic E-state index is 13.2. The maximum Gasteiger partial charge on any atom is 0.573 e. The van der Waals surface area contributed by atoms with Crippen LogP contribution in [0.1, 0.15) is 25.3 Å². The van der Waals surface area contributed by atoms with Crippen molar-refractivity contribution in [1.82, 2.24) is 15.0 Å². The number of nitrogens with one attached hydrogen (secondary N) is 1. The van der Waals surface area contributed by atoms with Gasteiger partial charge in [0.05, 0.1) is 11.1 Å². The fourth-order valence-electron chi connectivity index (χ4n) is 4.06. The number of anilines is 2. The van der Waals surface area contributed by atoms with Crippen LogP contribution < -0.4 is 19.3 Å². The Kier molecular flexibility index (Phi) is 5.94. The third kappa shape index (κ3) is 4.77. The topological polar surface area (TPSA) is 101 Å². The predicted molar refractivity (Wildman–Crippen MR) is 128 cm³/mol. The van der Waals surface area contributed by atoms with Crippen molar-refractivity contribution in [1.29, 1.82) is 0 Å². The predicted octanol–water partition coefficient (Wildman–Crippen LogP) is 5.75. The van der Waals surface area contributed by atoms with Gasteiger partial charge in [0.2, 0.25) is 5.88 Å². The van der Waals surface area contributed by atoms with Crippen LogP contribution in [-0.2, 0) is 4.79 Å². The first-order chi connectivity index (χ1) is 17.6. The first kappa shape index (κ1) is 24.1. The molecule has 3 amide bonds. The molecule has 4 aromatic rings. The molecule has 1 saturated heterocycles. The highest BCUT2D eigenvalue weighted by Gasteiger charge is 2.39. The Balaban J connectivity index is 1.44. The number of ether oxygens (including phenoxy) is 2. The molecule has 0 radical (unpaired) electrons. The SMILES string of the molecule is CC(C)c1cc(N2C(=O)CN(c3cccc(OC(F)(F)F)c3)C2=O)ccc1Oc1ncnc2[nH]ccc12. The molecule has 5 rings (SSSR count). The molecule has 0 saturated carbocycles. The number of carbonyl (C=O) groups excluding carboxylic acids is 2. The first-order valence-corrected chi connectivity index (χ1v) is 11.2. The monoisotopic (exact) mass is 511 g/mol. The number of urea groups is 1. The van der Waals surface area contributed by atoms with Gasteiger partial charge < -0.3 is 14.5 Å². The number of amides is 3. The van der Waals surface area contributed by atoms with Crippen LogP contribution in [0.15, 0.2) is 61.1 Å². The number of benzene rings is 2. The van der Waals surface area contributed by atoms with E-state index in [0.29, 0.717) is 28.4 Å². The normalized spacial score (nSPS) is 14.2. The van der Waals surface area contributed by atoms with E-state index < -0.39 is 24.1 Å². The number of nitrogens with zero attached hydrogens (tertiary/aromatic N) is 4. The summed E-state index contributed by atoms with van der Waals surface area (Å²) >= 11 is 0. The van der Waals surface area contributed by atoms with E-state index in [1.165, 1.54) is 18.5 Å². The van der Waals surface area contributed by atoms with Gasteiger partial charge in [-0.15, -0.1) is 13.2 Å². The molecule has 0 bridgehead atoms. The van der Waals surface area contributed by atoms with Gasteiger partial charge in [0, 0.05) is 18.0 Å². The van der Waals surface area contributed by atoms with Crippen molar-refractivity contribution in [3.8, 4) is 17.4 Å². The average Bonchev–Trinajstić information content (AvgIpc) is 3.43. The summed E-state index contributed by atoms with van der Waals surface area (Å²) in [7, 11) is 0. The summed E-state index contributed by atoms with van der Waals surface area (Å²) in [5, 5.41) is 0.693. The van der Waals surface area contributed by atoms with Crippen LogP contribution in [0.5, 0.6) is 17.4 Å². The summed E-state index contributed by atoms with van der Waals surface area (Å²) < 4.78 is 47.9. The number of aromatic nitrogens is 3. The molecule has 0 spiro atoms. The van der Waals surface area contributed by atoms with E-state index in [2.05, 4.69) is 19.7 Å². The van der Waals surface area contributed by atoms with Crippen molar-refractivity contribution in [3.63, 3.8) is 0 Å². The van der Waals surface area contributed by atoms with Crippen LogP contribution in [0.2, 0.25) is 0 Å². The standard InChI is InChI=1S/C25H20F3N5O4/c1-14(2)19-11-16(6-7-20(19)36-23-18-8-9-29-22(18)30-13-31-23)33-21(34)12-32(24(33)35)15-4-3-5-17(10-15)37-25(26,27)28/h3-11,13-14H,12H2,1-2H3,(H,29,30,31). The molecule has 0 unspecified atom stereocenters. The van der Waals surface area contributed by atoms with Gasteiger partial charge in [0.25, 0.3) is 5.91 Å². The number of H-pyrrole nitrogens is 1. The molecule has 3 heterocycles. The number of fused-ring (bicyclic) bond motifs is 1. The molecule has 9 nitrogen and oxygen atoms in total. The van der Waals surface area contributed by atoms with Crippen molar-refractivity contribution in [3.05, 3.63) is 66.6 Å². The highest BCUT2D eigenvalue weighted by atomic mass is 19.4. The van der Waals surface area contributed by atoms with E-state index in [1.54, 1.807) is 30.5 Å². The van der Waals surface area contributed by atoms with Crippen LogP contribution in [0.25, 0.3) is 11.0 Å². The molecular weight excluding hydrogens is 491 g/mol. The van der Waals surface area contributed by atoms with Crippen molar-refractivity contribution in [2.45, 2.75) is 26.1 Å². The lowest BCUT2D eigenvalue weighted by Crippen LogP contribution is -2.33. The third-order valence-electron chi connectivity index (χ3n) is 5.73. The number of rotatable bonds is 6. The second-order valence-corrected chi connectivity index (χ2v) is 8.54. The molecule has 2 aromatic carbocycles. The van der Waals surface area contributed by atoms with Gasteiger partial charge in [-0.1, -0.05) is 19.9 Å². The Labute approximate surface area is 208 Å². The molecule has 1 fully saturated rings. The summed E-state index contributed by atoms with van der Waals surface area (Å²) in [5.41, 5.74) is 1.75. The van der Waals surface area contributed by atoms with E-state index >= 15 is 0 Å². The minimum absolute atomic E-state index is 0.0430. The minimum atomic E-state index is -4.88. The van der Waals surface area contributed by atoms with Crippen molar-refractivity contribution < 1.29 is 32.2 Å². The number of hydrogen-bond acceptors (Lipinski definition) is 6. The minimum Gasteiger partial charge on any atom is -0.438 e. The lowest BCUT2D eigenvalue weighted by atomic mass is 10.0. The smallest absolute Gasteiger partial charge is 0.438 e. The van der Waals surface area contributed by atoms with Gasteiger partial charge in [-0.2, -0.15) is 0 Å². The van der Waals surface area contributed by atoms with E-state index in [4.69, 9.17) is 4.74 Å². The zero-order chi connectivity index (χ0) is 26.3. The van der Waals surface area contributed by atoms with Crippen molar-refractivity contribution in [2.24, 2.45) is 0 Å². The second-order valence-electron chi connectivity index (χ2n) is 8.54. The largest absolute Gasteiger partial charge is 0.573 e. The molecule has 0 aliphatic carbocycles. The van der Waals surface area contributed by atoms with E-state index in [9.17, 15) is 22.8 Å². The van der Waals surface area contributed by atoms with E-state index in [0.717, 1.165) is 27.5 Å². The Morgan fingerprint density at radius 3 is 2.59 bits per heavy atom. The lowest BCUT2D eigenvalue weighted by molar-refractivity contribution is -0.274. The molecule has 2 aromatic heterocycles. The zero-order valence-electron chi connectivity index (χ0n) is 19.6. The average molecular weight is 511 g/mol. The fraction of sp³-hybridized carbons (Fsp3) is 0.200. The molecular formula is C25H20F3N5O4. The summed E-state index contributed by atoms with van der Waals surface area (Å²) in [5.74, 6) is -0.221. The number of carbonyl (C=O) groups is 2. The van der Waals surface area contributed by atoms with Gasteiger partial charge in [-0.3, -0.25) is 9.69 Å². The summed E-state index contributed by atoms with van der Waals surface area (Å²) in [4.78, 5) is 39.5. The van der Waals surface area contributed by atoms with Crippen molar-refractivity contribution >= 4 is 34.3 Å². The van der Waals surface area contributed by atoms with Gasteiger partial charge >= 0.3 is 12.4 Å². The highest BCUT2D eigenvalue weighted by Crippen LogP contribution is 2.37. The summed E-state index contributed by atoms with van der Waals surface area (Å²) in [6, 6.07) is 10.9. The maximum atomic E-state index is 13.2. The van der Waals surface area contributed by atoms with Crippen LogP contribution in [0, 0.1) is 0 Å². The third-order valence-corrected chi connectivity index (χ3v) is 5.73. The van der Waals surface area contributed by atoms with Crippen LogP contribution >= 0.6 is 0 Å². The Hall–Kier alpha value is -4.61. The lowest BCUT2D eigenvalue weighted by Gasteiger charge is -2.20. The van der Waals surface area contributed by atoms with E-state index in [1.807, 2.05) is 13.8 Å². The molecule has 37 heavy (non-hydrogen) atoms. The Bertz CT molecular complexity index is 1500. The summed E-state index contributed by atoms with van der Waals surface area (Å²) in [6.07, 6.45) is -1.78. The molecule has 1 aliphatic heterocycles. The van der Waals surface area contributed by atoms with Crippen LogP contribution in [0.4, 0.5) is 29.3 Å². The number of alkyl halides is 3. The molecule has 1 N–H and O–H groups in total. The molecule has 12 heteroatoms. The van der Waals surface area contributed by atoms with Gasteiger partial charge in [-0.05, 0) is 47.9 Å².